The van der Waals surface area contributed by atoms with E-state index in [1.165, 1.54) is 17.8 Å². The predicted octanol–water partition coefficient (Wildman–Crippen LogP) is 3.55. The number of hydrogen-bond donors (Lipinski definition) is 1. The first-order valence-electron chi connectivity index (χ1n) is 11.4. The highest BCUT2D eigenvalue weighted by Crippen LogP contribution is 2.31. The minimum absolute atomic E-state index is 0. The topological polar surface area (TPSA) is 52.6 Å². The summed E-state index contributed by atoms with van der Waals surface area (Å²) in [6.45, 7) is 6.88. The van der Waals surface area contributed by atoms with Crippen LogP contribution in [-0.2, 0) is 0 Å². The second kappa shape index (κ2) is 12.2. The van der Waals surface area contributed by atoms with E-state index in [0.29, 0.717) is 5.92 Å². The fourth-order valence-electron chi connectivity index (χ4n) is 4.66. The minimum atomic E-state index is 0. The van der Waals surface area contributed by atoms with Crippen molar-refractivity contribution in [3.63, 3.8) is 0 Å². The second-order valence-corrected chi connectivity index (χ2v) is 8.38. The average Bonchev–Trinajstić information content (AvgIpc) is 3.33. The molecule has 2 aromatic rings. The molecule has 0 saturated carbocycles. The van der Waals surface area contributed by atoms with Gasteiger partial charge in [0.05, 0.1) is 19.9 Å². The lowest BCUT2D eigenvalue weighted by atomic mass is 10.1. The van der Waals surface area contributed by atoms with Crippen LogP contribution in [0.2, 0.25) is 0 Å². The molecule has 2 fully saturated rings. The van der Waals surface area contributed by atoms with E-state index >= 15 is 0 Å². The number of aliphatic imine (C=N–C) groups is 1. The molecule has 2 aromatic carbocycles. The van der Waals surface area contributed by atoms with Crippen LogP contribution >= 0.6 is 24.0 Å². The number of halogens is 1. The first kappa shape index (κ1) is 25.3. The minimum Gasteiger partial charge on any atom is -0.497 e. The maximum Gasteiger partial charge on any atom is 0.193 e. The number of hydrogen-bond acceptors (Lipinski definition) is 5. The molecular weight excluding hydrogens is 529 g/mol. The van der Waals surface area contributed by atoms with Gasteiger partial charge in [0.2, 0.25) is 0 Å². The van der Waals surface area contributed by atoms with Crippen molar-refractivity contribution < 1.29 is 9.47 Å². The number of rotatable bonds is 6. The lowest BCUT2D eigenvalue weighted by Gasteiger charge is -2.38. The van der Waals surface area contributed by atoms with Gasteiger partial charge in [-0.1, -0.05) is 18.2 Å². The summed E-state index contributed by atoms with van der Waals surface area (Å²) in [5, 5.41) is 3.63. The molecule has 0 radical (unpaired) electrons. The molecule has 4 rings (SSSR count). The smallest absolute Gasteiger partial charge is 0.193 e. The van der Waals surface area contributed by atoms with Gasteiger partial charge in [-0.05, 0) is 36.6 Å². The molecule has 8 heteroatoms. The lowest BCUT2D eigenvalue weighted by Crippen LogP contribution is -2.53. The molecule has 0 spiro atoms. The van der Waals surface area contributed by atoms with Gasteiger partial charge < -0.3 is 29.5 Å². The van der Waals surface area contributed by atoms with Crippen molar-refractivity contribution >= 4 is 41.3 Å². The van der Waals surface area contributed by atoms with Crippen LogP contribution in [-0.4, -0.2) is 77.9 Å². The Morgan fingerprint density at radius 1 is 0.970 bits per heavy atom. The number of benzene rings is 2. The Hall–Kier alpha value is -2.36. The first-order chi connectivity index (χ1) is 15.7. The molecule has 0 amide bonds. The van der Waals surface area contributed by atoms with E-state index in [2.05, 4.69) is 55.3 Å². The number of methoxy groups -OCH3 is 2. The molecule has 0 bridgehead atoms. The zero-order valence-corrected chi connectivity index (χ0v) is 22.2. The maximum atomic E-state index is 5.55. The van der Waals surface area contributed by atoms with Gasteiger partial charge in [0.15, 0.2) is 5.96 Å². The van der Waals surface area contributed by atoms with E-state index in [9.17, 15) is 0 Å². The highest BCUT2D eigenvalue weighted by molar-refractivity contribution is 14.0. The predicted molar refractivity (Wildman–Crippen MR) is 147 cm³/mol. The Kier molecular flexibility index (Phi) is 9.34. The van der Waals surface area contributed by atoms with Crippen molar-refractivity contribution in [1.82, 2.24) is 10.2 Å². The van der Waals surface area contributed by atoms with Crippen molar-refractivity contribution in [2.24, 2.45) is 10.9 Å². The summed E-state index contributed by atoms with van der Waals surface area (Å²) in [5.41, 5.74) is 2.41. The summed E-state index contributed by atoms with van der Waals surface area (Å²) < 4.78 is 10.9. The maximum absolute atomic E-state index is 5.55. The van der Waals surface area contributed by atoms with Crippen LogP contribution in [0, 0.1) is 5.92 Å². The lowest BCUT2D eigenvalue weighted by molar-refractivity contribution is 0.368. The molecule has 0 aromatic heterocycles. The van der Waals surface area contributed by atoms with Gasteiger partial charge in [0.1, 0.15) is 11.5 Å². The Labute approximate surface area is 214 Å². The number of piperazine rings is 1. The van der Waals surface area contributed by atoms with E-state index in [4.69, 9.17) is 9.47 Å². The Morgan fingerprint density at radius 2 is 1.76 bits per heavy atom. The Balaban J connectivity index is 0.00000306. The second-order valence-electron chi connectivity index (χ2n) is 8.38. The third kappa shape index (κ3) is 6.16. The van der Waals surface area contributed by atoms with Gasteiger partial charge in [0, 0.05) is 64.6 Å². The van der Waals surface area contributed by atoms with Gasteiger partial charge in [-0.25, -0.2) is 0 Å². The molecule has 7 nitrogen and oxygen atoms in total. The molecule has 1 N–H and O–H groups in total. The molecule has 1 unspecified atom stereocenters. The summed E-state index contributed by atoms with van der Waals surface area (Å²) >= 11 is 0. The third-order valence-corrected chi connectivity index (χ3v) is 6.47. The molecule has 2 heterocycles. The zero-order valence-electron chi connectivity index (χ0n) is 19.9. The van der Waals surface area contributed by atoms with Gasteiger partial charge in [-0.15, -0.1) is 24.0 Å². The highest BCUT2D eigenvalue weighted by Gasteiger charge is 2.26. The fourth-order valence-corrected chi connectivity index (χ4v) is 4.66. The zero-order chi connectivity index (χ0) is 22.3. The van der Waals surface area contributed by atoms with E-state index in [-0.39, 0.29) is 24.0 Å². The van der Waals surface area contributed by atoms with Crippen molar-refractivity contribution in [2.75, 3.05) is 76.9 Å². The summed E-state index contributed by atoms with van der Waals surface area (Å²) in [5.74, 6) is 3.45. The summed E-state index contributed by atoms with van der Waals surface area (Å²) in [4.78, 5) is 11.8. The number of anilines is 2. The monoisotopic (exact) mass is 565 g/mol. The van der Waals surface area contributed by atoms with Crippen LogP contribution in [0.25, 0.3) is 0 Å². The van der Waals surface area contributed by atoms with Gasteiger partial charge >= 0.3 is 0 Å². The summed E-state index contributed by atoms with van der Waals surface area (Å²) in [6.07, 6.45) is 1.17. The van der Waals surface area contributed by atoms with Gasteiger partial charge in [0.25, 0.3) is 0 Å². The molecule has 180 valence electrons. The number of guanidine groups is 1. The van der Waals surface area contributed by atoms with Crippen LogP contribution in [0.5, 0.6) is 11.5 Å². The van der Waals surface area contributed by atoms with Crippen LogP contribution in [0.15, 0.2) is 53.5 Å². The van der Waals surface area contributed by atoms with E-state index in [0.717, 1.165) is 63.3 Å². The molecule has 33 heavy (non-hydrogen) atoms. The molecule has 2 aliphatic rings. The van der Waals surface area contributed by atoms with E-state index in [1.807, 2.05) is 25.2 Å². The SMILES string of the molecule is CN=C(NCC1CCN(c2ccccc2OC)C1)N1CCN(c2cccc(OC)c2)CC1.I. The number of ether oxygens (including phenoxy) is 2. The van der Waals surface area contributed by atoms with Crippen molar-refractivity contribution in [2.45, 2.75) is 6.42 Å². The molecule has 2 aliphatic heterocycles. The summed E-state index contributed by atoms with van der Waals surface area (Å²) in [6, 6.07) is 16.6. The van der Waals surface area contributed by atoms with Crippen molar-refractivity contribution in [3.05, 3.63) is 48.5 Å². The quantitative estimate of drug-likeness (QED) is 0.329. The standard InChI is InChI=1S/C25H35N5O2.HI/c1-26-25(29-15-13-28(14-16-29)21-7-6-8-22(17-21)31-2)27-18-20-11-12-30(19-20)23-9-4-5-10-24(23)32-3;/h4-10,17,20H,11-16,18-19H2,1-3H3,(H,26,27);1H. The Bertz CT molecular complexity index is 917. The van der Waals surface area contributed by atoms with Gasteiger partial charge in [-0.3, -0.25) is 4.99 Å². The average molecular weight is 566 g/mol. The summed E-state index contributed by atoms with van der Waals surface area (Å²) in [7, 11) is 5.34. The van der Waals surface area contributed by atoms with E-state index in [1.54, 1.807) is 14.2 Å². The number of nitrogens with zero attached hydrogens (tertiary/aromatic N) is 4. The molecule has 2 saturated heterocycles. The number of nitrogens with one attached hydrogen (secondary N) is 1. The molecule has 1 atom stereocenters. The fraction of sp³-hybridized carbons (Fsp3) is 0.480. The van der Waals surface area contributed by atoms with Crippen LogP contribution in [0.1, 0.15) is 6.42 Å². The first-order valence-corrected chi connectivity index (χ1v) is 11.4. The Morgan fingerprint density at radius 3 is 2.48 bits per heavy atom. The largest absolute Gasteiger partial charge is 0.497 e. The van der Waals surface area contributed by atoms with E-state index < -0.39 is 0 Å². The van der Waals surface area contributed by atoms with Crippen LogP contribution in [0.3, 0.4) is 0 Å². The van der Waals surface area contributed by atoms with Crippen molar-refractivity contribution in [3.8, 4) is 11.5 Å². The van der Waals surface area contributed by atoms with Crippen molar-refractivity contribution in [1.29, 1.82) is 0 Å². The highest BCUT2D eigenvalue weighted by atomic mass is 127. The van der Waals surface area contributed by atoms with Gasteiger partial charge in [-0.2, -0.15) is 0 Å². The van der Waals surface area contributed by atoms with Crippen LogP contribution in [0.4, 0.5) is 11.4 Å². The normalized spacial score (nSPS) is 18.7. The third-order valence-electron chi connectivity index (χ3n) is 6.47. The number of para-hydroxylation sites is 2. The molecular formula is C25H36IN5O2. The van der Waals surface area contributed by atoms with Crippen LogP contribution < -0.4 is 24.6 Å². The molecule has 0 aliphatic carbocycles.